The second-order valence-corrected chi connectivity index (χ2v) is 5.09. The summed E-state index contributed by atoms with van der Waals surface area (Å²) in [7, 11) is 2.09. The molecule has 2 rings (SSSR count). The van der Waals surface area contributed by atoms with Crippen molar-refractivity contribution in [2.24, 2.45) is 0 Å². The maximum absolute atomic E-state index is 11.6. The lowest BCUT2D eigenvalue weighted by Gasteiger charge is -2.31. The van der Waals surface area contributed by atoms with Gasteiger partial charge < -0.3 is 4.90 Å². The Morgan fingerprint density at radius 3 is 2.82 bits per heavy atom. The molecule has 1 aliphatic rings. The van der Waals surface area contributed by atoms with Crippen LogP contribution in [0.25, 0.3) is 6.08 Å². The average Bonchev–Trinajstić information content (AvgIpc) is 2.83. The fourth-order valence-electron chi connectivity index (χ4n) is 1.66. The van der Waals surface area contributed by atoms with Gasteiger partial charge in [-0.2, -0.15) is 0 Å². The van der Waals surface area contributed by atoms with Gasteiger partial charge in [0, 0.05) is 37.1 Å². The predicted octanol–water partition coefficient (Wildman–Crippen LogP) is 1.04. The van der Waals surface area contributed by atoms with Crippen molar-refractivity contribution in [1.29, 1.82) is 0 Å². The molecule has 0 spiro atoms. The molecular weight excluding hydrogens is 234 g/mol. The number of hydrazine groups is 1. The lowest BCUT2D eigenvalue weighted by molar-refractivity contribution is -0.121. The summed E-state index contributed by atoms with van der Waals surface area (Å²) < 4.78 is 0. The number of likely N-dealkylation sites (N-methyl/N-ethyl adjacent to an activating group) is 1. The zero-order valence-corrected chi connectivity index (χ0v) is 10.7. The number of thiophene rings is 1. The summed E-state index contributed by atoms with van der Waals surface area (Å²) >= 11 is 1.62. The van der Waals surface area contributed by atoms with Crippen molar-refractivity contribution in [2.75, 3.05) is 33.2 Å². The van der Waals surface area contributed by atoms with Crippen molar-refractivity contribution < 1.29 is 4.79 Å². The fourth-order valence-corrected chi connectivity index (χ4v) is 2.27. The van der Waals surface area contributed by atoms with Gasteiger partial charge in [0.05, 0.1) is 0 Å². The third-order valence-corrected chi connectivity index (χ3v) is 3.55. The molecule has 0 unspecified atom stereocenters. The highest BCUT2D eigenvalue weighted by molar-refractivity contribution is 7.10. The maximum atomic E-state index is 11.6. The van der Waals surface area contributed by atoms with Crippen LogP contribution in [0.2, 0.25) is 0 Å². The molecule has 0 aliphatic carbocycles. The minimum absolute atomic E-state index is 0.0528. The molecule has 1 aromatic heterocycles. The molecule has 1 N–H and O–H groups in total. The smallest absolute Gasteiger partial charge is 0.258 e. The van der Waals surface area contributed by atoms with Crippen LogP contribution in [0.4, 0.5) is 0 Å². The van der Waals surface area contributed by atoms with Gasteiger partial charge in [0.25, 0.3) is 5.91 Å². The highest BCUT2D eigenvalue weighted by Crippen LogP contribution is 2.09. The van der Waals surface area contributed by atoms with E-state index in [4.69, 9.17) is 0 Å². The first-order valence-electron chi connectivity index (χ1n) is 5.70. The largest absolute Gasteiger partial charge is 0.304 e. The molecule has 5 heteroatoms. The molecule has 1 amide bonds. The molecule has 1 aliphatic heterocycles. The Kier molecular flexibility index (Phi) is 4.30. The van der Waals surface area contributed by atoms with Crippen LogP contribution in [0, 0.1) is 0 Å². The minimum atomic E-state index is -0.0528. The summed E-state index contributed by atoms with van der Waals surface area (Å²) in [5, 5.41) is 3.97. The van der Waals surface area contributed by atoms with E-state index in [1.165, 1.54) is 0 Å². The topological polar surface area (TPSA) is 35.6 Å². The van der Waals surface area contributed by atoms with Crippen molar-refractivity contribution in [3.05, 3.63) is 28.5 Å². The Morgan fingerprint density at radius 2 is 2.18 bits per heavy atom. The molecule has 92 valence electrons. The molecule has 1 aromatic rings. The molecule has 17 heavy (non-hydrogen) atoms. The Hall–Kier alpha value is -1.17. The SMILES string of the molecule is CN1CCN(NC(=O)C=Cc2cccs2)CC1. The Balaban J connectivity index is 1.77. The van der Waals surface area contributed by atoms with Gasteiger partial charge >= 0.3 is 0 Å². The molecule has 4 nitrogen and oxygen atoms in total. The highest BCUT2D eigenvalue weighted by atomic mass is 32.1. The molecule has 1 saturated heterocycles. The van der Waals surface area contributed by atoms with Crippen LogP contribution in [-0.4, -0.2) is 49.0 Å². The van der Waals surface area contributed by atoms with E-state index in [9.17, 15) is 4.79 Å². The second-order valence-electron chi connectivity index (χ2n) is 4.12. The van der Waals surface area contributed by atoms with Gasteiger partial charge in [-0.1, -0.05) is 6.07 Å². The number of hydrogen-bond acceptors (Lipinski definition) is 4. The molecule has 0 atom stereocenters. The standard InChI is InChI=1S/C12H17N3OS/c1-14-6-8-15(9-7-14)13-12(16)5-4-11-3-2-10-17-11/h2-5,10H,6-9H2,1H3,(H,13,16). The number of piperazine rings is 1. The van der Waals surface area contributed by atoms with Gasteiger partial charge in [-0.25, -0.2) is 5.01 Å². The van der Waals surface area contributed by atoms with E-state index in [1.54, 1.807) is 17.4 Å². The average molecular weight is 251 g/mol. The fraction of sp³-hybridized carbons (Fsp3) is 0.417. The van der Waals surface area contributed by atoms with Crippen LogP contribution in [0.15, 0.2) is 23.6 Å². The quantitative estimate of drug-likeness (QED) is 0.815. The van der Waals surface area contributed by atoms with Gasteiger partial charge in [-0.05, 0) is 24.6 Å². The lowest BCUT2D eigenvalue weighted by atomic mass is 10.4. The van der Waals surface area contributed by atoms with Crippen LogP contribution in [0.5, 0.6) is 0 Å². The molecule has 0 aromatic carbocycles. The van der Waals surface area contributed by atoms with E-state index in [0.717, 1.165) is 31.1 Å². The third kappa shape index (κ3) is 3.96. The first-order valence-corrected chi connectivity index (χ1v) is 6.58. The van der Waals surface area contributed by atoms with Gasteiger partial charge in [-0.3, -0.25) is 10.2 Å². The van der Waals surface area contributed by atoms with Gasteiger partial charge in [0.2, 0.25) is 0 Å². The maximum Gasteiger partial charge on any atom is 0.258 e. The minimum Gasteiger partial charge on any atom is -0.304 e. The summed E-state index contributed by atoms with van der Waals surface area (Å²) in [5.41, 5.74) is 2.89. The molecule has 0 radical (unpaired) electrons. The number of amides is 1. The molecule has 0 bridgehead atoms. The Labute approximate surface area is 105 Å². The van der Waals surface area contributed by atoms with Crippen LogP contribution >= 0.6 is 11.3 Å². The van der Waals surface area contributed by atoms with Crippen molar-refractivity contribution in [2.45, 2.75) is 0 Å². The van der Waals surface area contributed by atoms with Crippen molar-refractivity contribution in [1.82, 2.24) is 15.3 Å². The van der Waals surface area contributed by atoms with E-state index >= 15 is 0 Å². The van der Waals surface area contributed by atoms with Gasteiger partial charge in [-0.15, -0.1) is 11.3 Å². The van der Waals surface area contributed by atoms with Crippen LogP contribution < -0.4 is 5.43 Å². The first-order chi connectivity index (χ1) is 8.24. The van der Waals surface area contributed by atoms with Gasteiger partial charge in [0.15, 0.2) is 0 Å². The monoisotopic (exact) mass is 251 g/mol. The van der Waals surface area contributed by atoms with Crippen molar-refractivity contribution >= 4 is 23.3 Å². The molecule has 1 fully saturated rings. The van der Waals surface area contributed by atoms with Crippen LogP contribution in [-0.2, 0) is 4.79 Å². The van der Waals surface area contributed by atoms with E-state index < -0.39 is 0 Å². The lowest BCUT2D eigenvalue weighted by Crippen LogP contribution is -2.52. The van der Waals surface area contributed by atoms with E-state index in [1.807, 2.05) is 28.6 Å². The summed E-state index contributed by atoms with van der Waals surface area (Å²) in [5.74, 6) is -0.0528. The van der Waals surface area contributed by atoms with Crippen LogP contribution in [0.1, 0.15) is 4.88 Å². The summed E-state index contributed by atoms with van der Waals surface area (Å²) in [4.78, 5) is 15.0. The highest BCUT2D eigenvalue weighted by Gasteiger charge is 2.14. The zero-order chi connectivity index (χ0) is 12.1. The van der Waals surface area contributed by atoms with E-state index in [0.29, 0.717) is 0 Å². The predicted molar refractivity (Wildman–Crippen MR) is 70.6 cm³/mol. The summed E-state index contributed by atoms with van der Waals surface area (Å²) in [6, 6.07) is 3.97. The number of carbonyl (C=O) groups excluding carboxylic acids is 1. The van der Waals surface area contributed by atoms with E-state index in [2.05, 4.69) is 17.4 Å². The number of hydrogen-bond donors (Lipinski definition) is 1. The Morgan fingerprint density at radius 1 is 1.41 bits per heavy atom. The molecule has 0 saturated carbocycles. The number of nitrogens with zero attached hydrogens (tertiary/aromatic N) is 2. The van der Waals surface area contributed by atoms with Crippen LogP contribution in [0.3, 0.4) is 0 Å². The molecular formula is C12H17N3OS. The zero-order valence-electron chi connectivity index (χ0n) is 9.93. The van der Waals surface area contributed by atoms with E-state index in [-0.39, 0.29) is 5.91 Å². The normalized spacial score (nSPS) is 18.6. The second kappa shape index (κ2) is 5.95. The van der Waals surface area contributed by atoms with Gasteiger partial charge in [0.1, 0.15) is 0 Å². The Bertz CT molecular complexity index is 380. The third-order valence-electron chi connectivity index (χ3n) is 2.71. The summed E-state index contributed by atoms with van der Waals surface area (Å²) in [6.07, 6.45) is 3.43. The van der Waals surface area contributed by atoms with Crippen molar-refractivity contribution in [3.63, 3.8) is 0 Å². The number of carbonyl (C=O) groups is 1. The first kappa shape index (κ1) is 12.3. The van der Waals surface area contributed by atoms with Crippen molar-refractivity contribution in [3.8, 4) is 0 Å². The summed E-state index contributed by atoms with van der Waals surface area (Å²) in [6.45, 7) is 3.76. The number of nitrogens with one attached hydrogen (secondary N) is 1. The molecule has 2 heterocycles. The number of rotatable bonds is 3.